The van der Waals surface area contributed by atoms with E-state index < -0.39 is 29.4 Å². The number of rotatable bonds is 10. The number of benzene rings is 3. The summed E-state index contributed by atoms with van der Waals surface area (Å²) in [5.74, 6) is -3.80. The van der Waals surface area contributed by atoms with Crippen LogP contribution in [0.4, 0.5) is 17.6 Å². The highest BCUT2D eigenvalue weighted by atomic mass is 19.2. The molecule has 0 bridgehead atoms. The van der Waals surface area contributed by atoms with Crippen molar-refractivity contribution in [2.24, 2.45) is 0 Å². The molecule has 38 heavy (non-hydrogen) atoms. The predicted octanol–water partition coefficient (Wildman–Crippen LogP) is 8.61. The van der Waals surface area contributed by atoms with Crippen molar-refractivity contribution >= 4 is 5.57 Å². The van der Waals surface area contributed by atoms with Crippen molar-refractivity contribution in [1.82, 2.24) is 0 Å². The molecule has 0 aromatic heterocycles. The van der Waals surface area contributed by atoms with Crippen molar-refractivity contribution in [2.45, 2.75) is 70.8 Å². The minimum absolute atomic E-state index is 0.0237. The molecule has 0 aliphatic heterocycles. The van der Waals surface area contributed by atoms with Crippen LogP contribution in [0.5, 0.6) is 5.75 Å². The number of hydrogen-bond donors (Lipinski definition) is 1. The van der Waals surface area contributed by atoms with E-state index in [9.17, 15) is 22.7 Å². The lowest BCUT2D eigenvalue weighted by atomic mass is 9.82. The second-order valence-electron chi connectivity index (χ2n) is 9.86. The van der Waals surface area contributed by atoms with Gasteiger partial charge < -0.3 is 9.84 Å². The first-order chi connectivity index (χ1) is 18.3. The lowest BCUT2D eigenvalue weighted by Crippen LogP contribution is -2.10. The molecule has 2 unspecified atom stereocenters. The molecule has 1 aliphatic rings. The SMILES string of the molecule is CCCC(O)c1ccc(C2CC=C(c3ccc(CCc4ccc(OCC)c(F)c4F)cc3)CC2)c(F)c1F. The number of aliphatic hydroxyl groups is 1. The number of aryl methyl sites for hydroxylation is 2. The highest BCUT2D eigenvalue weighted by Crippen LogP contribution is 2.38. The van der Waals surface area contributed by atoms with Crippen LogP contribution in [0.1, 0.15) is 85.8 Å². The second kappa shape index (κ2) is 12.6. The third-order valence-corrected chi connectivity index (χ3v) is 7.35. The molecule has 0 heterocycles. The minimum Gasteiger partial charge on any atom is -0.491 e. The first kappa shape index (κ1) is 27.9. The number of aliphatic hydroxyl groups excluding tert-OH is 1. The fraction of sp³-hybridized carbons (Fsp3) is 0.375. The number of hydrogen-bond acceptors (Lipinski definition) is 2. The van der Waals surface area contributed by atoms with Crippen molar-refractivity contribution in [1.29, 1.82) is 0 Å². The van der Waals surface area contributed by atoms with Gasteiger partial charge in [0, 0.05) is 5.56 Å². The zero-order valence-electron chi connectivity index (χ0n) is 21.9. The maximum absolute atomic E-state index is 14.9. The fourth-order valence-electron chi connectivity index (χ4n) is 5.16. The third-order valence-electron chi connectivity index (χ3n) is 7.35. The van der Waals surface area contributed by atoms with Crippen molar-refractivity contribution in [3.8, 4) is 5.75 Å². The Bertz CT molecular complexity index is 1280. The van der Waals surface area contributed by atoms with Crippen LogP contribution in [-0.2, 0) is 12.8 Å². The molecule has 0 saturated heterocycles. The quantitative estimate of drug-likeness (QED) is 0.268. The molecule has 3 aromatic carbocycles. The van der Waals surface area contributed by atoms with Crippen LogP contribution in [0.15, 0.2) is 54.6 Å². The van der Waals surface area contributed by atoms with E-state index in [0.29, 0.717) is 49.7 Å². The summed E-state index contributed by atoms with van der Waals surface area (Å²) in [6.45, 7) is 3.88. The molecular formula is C32H34F4O2. The van der Waals surface area contributed by atoms with Gasteiger partial charge in [0.1, 0.15) is 0 Å². The molecule has 0 amide bonds. The molecule has 0 radical (unpaired) electrons. The summed E-state index contributed by atoms with van der Waals surface area (Å²) in [5, 5.41) is 10.1. The minimum atomic E-state index is -0.995. The molecule has 3 aromatic rings. The van der Waals surface area contributed by atoms with Crippen LogP contribution in [0.3, 0.4) is 0 Å². The molecule has 4 rings (SSSR count). The Morgan fingerprint density at radius 2 is 1.63 bits per heavy atom. The van der Waals surface area contributed by atoms with E-state index in [-0.39, 0.29) is 23.8 Å². The largest absolute Gasteiger partial charge is 0.491 e. The van der Waals surface area contributed by atoms with Crippen LogP contribution >= 0.6 is 0 Å². The van der Waals surface area contributed by atoms with E-state index >= 15 is 0 Å². The Balaban J connectivity index is 1.38. The molecule has 202 valence electrons. The Labute approximate surface area is 222 Å². The van der Waals surface area contributed by atoms with Gasteiger partial charge in [-0.1, -0.05) is 61.9 Å². The van der Waals surface area contributed by atoms with Crippen LogP contribution in [0, 0.1) is 23.3 Å². The van der Waals surface area contributed by atoms with E-state index in [2.05, 4.69) is 6.08 Å². The van der Waals surface area contributed by atoms with Crippen molar-refractivity contribution in [3.63, 3.8) is 0 Å². The lowest BCUT2D eigenvalue weighted by molar-refractivity contribution is 0.160. The van der Waals surface area contributed by atoms with E-state index in [4.69, 9.17) is 4.74 Å². The van der Waals surface area contributed by atoms with Crippen LogP contribution < -0.4 is 4.74 Å². The first-order valence-corrected chi connectivity index (χ1v) is 13.4. The van der Waals surface area contributed by atoms with Gasteiger partial charge in [0.2, 0.25) is 5.82 Å². The summed E-state index contributed by atoms with van der Waals surface area (Å²) in [6.07, 6.45) is 5.14. The van der Waals surface area contributed by atoms with Gasteiger partial charge in [0.05, 0.1) is 12.7 Å². The van der Waals surface area contributed by atoms with Gasteiger partial charge in [0.15, 0.2) is 23.2 Å². The molecular weight excluding hydrogens is 492 g/mol. The van der Waals surface area contributed by atoms with Gasteiger partial charge in [-0.3, -0.25) is 0 Å². The zero-order chi connectivity index (χ0) is 27.2. The zero-order valence-corrected chi connectivity index (χ0v) is 21.9. The Hall–Kier alpha value is -3.12. The Kier molecular flexibility index (Phi) is 9.26. The summed E-state index contributed by atoms with van der Waals surface area (Å²) < 4.78 is 63.1. The highest BCUT2D eigenvalue weighted by Gasteiger charge is 2.25. The molecule has 1 aliphatic carbocycles. The van der Waals surface area contributed by atoms with Crippen molar-refractivity contribution in [3.05, 3.63) is 106 Å². The summed E-state index contributed by atoms with van der Waals surface area (Å²) in [4.78, 5) is 0. The van der Waals surface area contributed by atoms with Gasteiger partial charge in [0.25, 0.3) is 0 Å². The molecule has 6 heteroatoms. The Morgan fingerprint density at radius 3 is 2.29 bits per heavy atom. The van der Waals surface area contributed by atoms with Crippen LogP contribution in [-0.4, -0.2) is 11.7 Å². The van der Waals surface area contributed by atoms with E-state index in [1.54, 1.807) is 19.1 Å². The molecule has 0 fully saturated rings. The highest BCUT2D eigenvalue weighted by molar-refractivity contribution is 5.66. The van der Waals surface area contributed by atoms with Crippen molar-refractivity contribution < 1.29 is 27.4 Å². The number of ether oxygens (including phenoxy) is 1. The molecule has 0 saturated carbocycles. The van der Waals surface area contributed by atoms with Gasteiger partial charge in [-0.25, -0.2) is 13.2 Å². The predicted molar refractivity (Wildman–Crippen MR) is 142 cm³/mol. The van der Waals surface area contributed by atoms with Crippen molar-refractivity contribution in [2.75, 3.05) is 6.61 Å². The monoisotopic (exact) mass is 526 g/mol. The van der Waals surface area contributed by atoms with Gasteiger partial charge in [-0.05, 0) is 85.3 Å². The third kappa shape index (κ3) is 6.12. The fourth-order valence-corrected chi connectivity index (χ4v) is 5.16. The maximum atomic E-state index is 14.9. The average Bonchev–Trinajstić information content (AvgIpc) is 2.93. The smallest absolute Gasteiger partial charge is 0.200 e. The first-order valence-electron chi connectivity index (χ1n) is 13.4. The van der Waals surface area contributed by atoms with Crippen LogP contribution in [0.2, 0.25) is 0 Å². The molecule has 1 N–H and O–H groups in total. The normalized spacial score (nSPS) is 16.3. The average molecular weight is 527 g/mol. The lowest BCUT2D eigenvalue weighted by Gasteiger charge is -2.24. The van der Waals surface area contributed by atoms with Crippen LogP contribution in [0.25, 0.3) is 5.57 Å². The topological polar surface area (TPSA) is 29.5 Å². The van der Waals surface area contributed by atoms with E-state index in [1.165, 1.54) is 12.1 Å². The standard InChI is InChI=1S/C32H34F4O2/c1-3-5-27(37)26-18-17-25(30(34)31(26)35)23-14-12-22(13-15-23)21-9-6-20(7-10-21)8-11-24-16-19-28(38-4-2)32(36)29(24)33/h6-7,9-10,12,16-19,23,27,37H,3-5,8,11,13-15H2,1-2H3. The summed E-state index contributed by atoms with van der Waals surface area (Å²) in [6, 6.07) is 14.2. The summed E-state index contributed by atoms with van der Waals surface area (Å²) in [5.41, 5.74) is 3.93. The molecule has 0 spiro atoms. The second-order valence-corrected chi connectivity index (χ2v) is 9.86. The van der Waals surface area contributed by atoms with Gasteiger partial charge in [-0.2, -0.15) is 4.39 Å². The molecule has 2 atom stereocenters. The number of halogens is 4. The van der Waals surface area contributed by atoms with E-state index in [0.717, 1.165) is 23.1 Å². The summed E-state index contributed by atoms with van der Waals surface area (Å²) >= 11 is 0. The van der Waals surface area contributed by atoms with E-state index in [1.807, 2.05) is 31.2 Å². The Morgan fingerprint density at radius 1 is 0.868 bits per heavy atom. The van der Waals surface area contributed by atoms with Gasteiger partial charge >= 0.3 is 0 Å². The molecule has 2 nitrogen and oxygen atoms in total. The number of allylic oxidation sites excluding steroid dienone is 2. The maximum Gasteiger partial charge on any atom is 0.200 e. The summed E-state index contributed by atoms with van der Waals surface area (Å²) in [7, 11) is 0. The van der Waals surface area contributed by atoms with Gasteiger partial charge in [-0.15, -0.1) is 0 Å².